The topological polar surface area (TPSA) is 123 Å². The molecule has 0 bridgehead atoms. The molecule has 0 atom stereocenters. The highest BCUT2D eigenvalue weighted by Gasteiger charge is 2.31. The molecular formula is C21H26N6O4S. The van der Waals surface area contributed by atoms with Crippen molar-refractivity contribution in [1.29, 1.82) is 0 Å². The zero-order valence-corrected chi connectivity index (χ0v) is 18.9. The Labute approximate surface area is 186 Å². The van der Waals surface area contributed by atoms with E-state index in [1.165, 1.54) is 24.3 Å². The molecule has 0 spiro atoms. The van der Waals surface area contributed by atoms with Crippen LogP contribution in [0.2, 0.25) is 0 Å². The first-order valence-electron chi connectivity index (χ1n) is 10.7. The number of aromatic nitrogens is 4. The van der Waals surface area contributed by atoms with Crippen molar-refractivity contribution in [3.63, 3.8) is 0 Å². The number of amides is 1. The maximum Gasteiger partial charge on any atom is 0.322 e. The van der Waals surface area contributed by atoms with Crippen molar-refractivity contribution < 1.29 is 17.6 Å². The zero-order chi connectivity index (χ0) is 22.7. The van der Waals surface area contributed by atoms with Gasteiger partial charge >= 0.3 is 6.01 Å². The maximum atomic E-state index is 13.2. The first-order valence-corrected chi connectivity index (χ1v) is 12.1. The number of anilines is 1. The highest BCUT2D eigenvalue weighted by atomic mass is 32.2. The standard InChI is InChI=1S/C21H26N6O4S/c1-3-27(16-7-5-4-6-8-16)32(29,30)17-11-9-15(10-12-17)19(28)23-21-25-24-20(31-21)18-13-14-22-26(18)2/h9-14,16H,3-8H2,1-2H3,(H,23,25,28). The summed E-state index contributed by atoms with van der Waals surface area (Å²) in [5, 5.41) is 14.3. The Hall–Kier alpha value is -3.05. The van der Waals surface area contributed by atoms with Crippen molar-refractivity contribution in [2.24, 2.45) is 7.05 Å². The van der Waals surface area contributed by atoms with Gasteiger partial charge in [0.15, 0.2) is 0 Å². The molecular weight excluding hydrogens is 432 g/mol. The second kappa shape index (κ2) is 9.21. The molecule has 2 aromatic heterocycles. The molecule has 1 saturated carbocycles. The van der Waals surface area contributed by atoms with Crippen LogP contribution in [0.4, 0.5) is 6.01 Å². The fraction of sp³-hybridized carbons (Fsp3) is 0.429. The van der Waals surface area contributed by atoms with Crippen LogP contribution >= 0.6 is 0 Å². The fourth-order valence-corrected chi connectivity index (χ4v) is 5.73. The van der Waals surface area contributed by atoms with Gasteiger partial charge in [-0.3, -0.25) is 14.8 Å². The van der Waals surface area contributed by atoms with Gasteiger partial charge < -0.3 is 4.42 Å². The van der Waals surface area contributed by atoms with Crippen LogP contribution in [0.5, 0.6) is 0 Å². The van der Waals surface area contributed by atoms with Crippen molar-refractivity contribution >= 4 is 21.9 Å². The number of hydrogen-bond acceptors (Lipinski definition) is 7. The molecule has 11 heteroatoms. The lowest BCUT2D eigenvalue weighted by Gasteiger charge is -2.32. The molecule has 10 nitrogen and oxygen atoms in total. The molecule has 4 rings (SSSR count). The summed E-state index contributed by atoms with van der Waals surface area (Å²) in [5.41, 5.74) is 0.899. The van der Waals surface area contributed by atoms with Crippen molar-refractivity contribution in [2.45, 2.75) is 50.0 Å². The van der Waals surface area contributed by atoms with Crippen LogP contribution in [-0.2, 0) is 17.1 Å². The molecule has 1 N–H and O–H groups in total. The Morgan fingerprint density at radius 1 is 1.16 bits per heavy atom. The molecule has 32 heavy (non-hydrogen) atoms. The lowest BCUT2D eigenvalue weighted by atomic mass is 9.95. The lowest BCUT2D eigenvalue weighted by molar-refractivity contribution is 0.102. The van der Waals surface area contributed by atoms with Gasteiger partial charge in [0.25, 0.3) is 11.8 Å². The maximum absolute atomic E-state index is 13.2. The van der Waals surface area contributed by atoms with Crippen LogP contribution in [-0.4, -0.2) is 51.2 Å². The van der Waals surface area contributed by atoms with Crippen LogP contribution < -0.4 is 5.32 Å². The Balaban J connectivity index is 1.46. The van der Waals surface area contributed by atoms with Gasteiger partial charge in [0.1, 0.15) is 5.69 Å². The predicted molar refractivity (Wildman–Crippen MR) is 117 cm³/mol. The molecule has 170 valence electrons. The Kier molecular flexibility index (Phi) is 6.38. The minimum atomic E-state index is -3.63. The largest absolute Gasteiger partial charge is 0.401 e. The van der Waals surface area contributed by atoms with Gasteiger partial charge in [0.2, 0.25) is 10.0 Å². The van der Waals surface area contributed by atoms with Crippen molar-refractivity contribution in [2.75, 3.05) is 11.9 Å². The lowest BCUT2D eigenvalue weighted by Crippen LogP contribution is -2.41. The number of carbonyl (C=O) groups excluding carboxylic acids is 1. The zero-order valence-electron chi connectivity index (χ0n) is 18.1. The predicted octanol–water partition coefficient (Wildman–Crippen LogP) is 3.07. The molecule has 2 heterocycles. The van der Waals surface area contributed by atoms with Crippen LogP contribution in [0.1, 0.15) is 49.4 Å². The molecule has 1 aromatic carbocycles. The monoisotopic (exact) mass is 458 g/mol. The summed E-state index contributed by atoms with van der Waals surface area (Å²) in [6.07, 6.45) is 6.63. The van der Waals surface area contributed by atoms with Gasteiger partial charge in [-0.05, 0) is 43.2 Å². The van der Waals surface area contributed by atoms with E-state index in [0.717, 1.165) is 32.1 Å². The Morgan fingerprint density at radius 2 is 1.88 bits per heavy atom. The van der Waals surface area contributed by atoms with Crippen LogP contribution in [0.25, 0.3) is 11.6 Å². The molecule has 0 aliphatic heterocycles. The minimum Gasteiger partial charge on any atom is -0.401 e. The van der Waals surface area contributed by atoms with E-state index in [1.807, 2.05) is 6.92 Å². The first-order chi connectivity index (χ1) is 15.4. The second-order valence-electron chi connectivity index (χ2n) is 7.73. The second-order valence-corrected chi connectivity index (χ2v) is 9.62. The Bertz CT molecular complexity index is 1180. The van der Waals surface area contributed by atoms with Gasteiger partial charge in [0, 0.05) is 31.4 Å². The van der Waals surface area contributed by atoms with E-state index in [4.69, 9.17) is 4.42 Å². The molecule has 0 radical (unpaired) electrons. The first kappa shape index (κ1) is 22.2. The fourth-order valence-electron chi connectivity index (χ4n) is 4.04. The number of nitrogens with one attached hydrogen (secondary N) is 1. The summed E-state index contributed by atoms with van der Waals surface area (Å²) < 4.78 is 35.0. The smallest absolute Gasteiger partial charge is 0.322 e. The van der Waals surface area contributed by atoms with E-state index in [2.05, 4.69) is 20.6 Å². The average Bonchev–Trinajstić information content (AvgIpc) is 3.43. The Morgan fingerprint density at radius 3 is 2.50 bits per heavy atom. The van der Waals surface area contributed by atoms with Gasteiger partial charge in [-0.1, -0.05) is 31.3 Å². The molecule has 0 saturated heterocycles. The van der Waals surface area contributed by atoms with E-state index in [1.54, 1.807) is 28.3 Å². The minimum absolute atomic E-state index is 0.0351. The summed E-state index contributed by atoms with van der Waals surface area (Å²) in [7, 11) is -1.89. The molecule has 1 aliphatic rings. The van der Waals surface area contributed by atoms with E-state index >= 15 is 0 Å². The average molecular weight is 459 g/mol. The number of aryl methyl sites for hydroxylation is 1. The van der Waals surface area contributed by atoms with E-state index < -0.39 is 15.9 Å². The van der Waals surface area contributed by atoms with E-state index in [0.29, 0.717) is 12.2 Å². The third-order valence-electron chi connectivity index (χ3n) is 5.70. The summed E-state index contributed by atoms with van der Waals surface area (Å²) in [6.45, 7) is 2.28. The molecule has 1 amide bonds. The summed E-state index contributed by atoms with van der Waals surface area (Å²) in [4.78, 5) is 12.7. The quantitative estimate of drug-likeness (QED) is 0.577. The third kappa shape index (κ3) is 4.44. The summed E-state index contributed by atoms with van der Waals surface area (Å²) in [6, 6.07) is 7.58. The van der Waals surface area contributed by atoms with Crippen molar-refractivity contribution in [3.05, 3.63) is 42.1 Å². The number of sulfonamides is 1. The SMILES string of the molecule is CCN(C1CCCCC1)S(=O)(=O)c1ccc(C(=O)Nc2nnc(-c3ccnn3C)o2)cc1. The molecule has 3 aromatic rings. The van der Waals surface area contributed by atoms with Gasteiger partial charge in [0.05, 0.1) is 4.90 Å². The molecule has 0 unspecified atom stereocenters. The molecule has 1 aliphatic carbocycles. The van der Waals surface area contributed by atoms with E-state index in [9.17, 15) is 13.2 Å². The number of hydrogen-bond donors (Lipinski definition) is 1. The van der Waals surface area contributed by atoms with Crippen LogP contribution in [0.15, 0.2) is 45.8 Å². The normalized spacial score (nSPS) is 15.2. The third-order valence-corrected chi connectivity index (χ3v) is 7.74. The van der Waals surface area contributed by atoms with Crippen molar-refractivity contribution in [3.8, 4) is 11.6 Å². The van der Waals surface area contributed by atoms with Gasteiger partial charge in [-0.15, -0.1) is 5.10 Å². The number of nitrogens with zero attached hydrogens (tertiary/aromatic N) is 5. The highest BCUT2D eigenvalue weighted by Crippen LogP contribution is 2.28. The number of carbonyl (C=O) groups is 1. The van der Waals surface area contributed by atoms with Crippen LogP contribution in [0, 0.1) is 0 Å². The summed E-state index contributed by atoms with van der Waals surface area (Å²) in [5.74, 6) is -0.252. The van der Waals surface area contributed by atoms with Crippen molar-refractivity contribution in [1.82, 2.24) is 24.3 Å². The highest BCUT2D eigenvalue weighted by molar-refractivity contribution is 7.89. The molecule has 1 fully saturated rings. The van der Waals surface area contributed by atoms with Gasteiger partial charge in [-0.25, -0.2) is 8.42 Å². The summed E-state index contributed by atoms with van der Waals surface area (Å²) >= 11 is 0. The van der Waals surface area contributed by atoms with E-state index in [-0.39, 0.29) is 28.4 Å². The number of benzene rings is 1. The van der Waals surface area contributed by atoms with Crippen LogP contribution in [0.3, 0.4) is 0 Å². The van der Waals surface area contributed by atoms with Gasteiger partial charge in [-0.2, -0.15) is 9.40 Å². The number of rotatable bonds is 7.